The van der Waals surface area contributed by atoms with Crippen molar-refractivity contribution in [3.63, 3.8) is 0 Å². The lowest BCUT2D eigenvalue weighted by atomic mass is 9.96. The lowest BCUT2D eigenvalue weighted by Crippen LogP contribution is -2.29. The number of nitrogens with one attached hydrogen (secondary N) is 1. The molecule has 2 aromatic carbocycles. The Bertz CT molecular complexity index is 1180. The molecular weight excluding hydrogens is 386 g/mol. The highest BCUT2D eigenvalue weighted by Gasteiger charge is 2.27. The molecule has 0 aliphatic carbocycles. The number of carbonyl (C=O) groups is 1. The van der Waals surface area contributed by atoms with E-state index in [1.807, 2.05) is 60.0 Å². The molecule has 7 nitrogen and oxygen atoms in total. The average Bonchev–Trinajstić information content (AvgIpc) is 3.42. The Labute approximate surface area is 170 Å². The quantitative estimate of drug-likeness (QED) is 0.562. The maximum Gasteiger partial charge on any atom is 0.317 e. The second kappa shape index (κ2) is 7.40. The van der Waals surface area contributed by atoms with Gasteiger partial charge in [0.1, 0.15) is 0 Å². The maximum atomic E-state index is 12.9. The van der Waals surface area contributed by atoms with Gasteiger partial charge in [-0.3, -0.25) is 9.79 Å². The topological polar surface area (TPSA) is 93.3 Å². The van der Waals surface area contributed by atoms with E-state index < -0.39 is 6.17 Å². The fourth-order valence-corrected chi connectivity index (χ4v) is 3.77. The molecule has 1 aliphatic heterocycles. The molecule has 0 bridgehead atoms. The van der Waals surface area contributed by atoms with Gasteiger partial charge in [0.05, 0.1) is 5.71 Å². The summed E-state index contributed by atoms with van der Waals surface area (Å²) in [6.45, 7) is 0. The van der Waals surface area contributed by atoms with Gasteiger partial charge in [-0.05, 0) is 5.56 Å². The van der Waals surface area contributed by atoms with Crippen molar-refractivity contribution in [1.29, 1.82) is 0 Å². The molecule has 5 rings (SSSR count). The second-order valence-electron chi connectivity index (χ2n) is 6.44. The number of carbonyl (C=O) groups excluding carboxylic acids is 1. The van der Waals surface area contributed by atoms with E-state index in [1.54, 1.807) is 6.20 Å². The number of fused-ring (bicyclic) bond motifs is 1. The first-order chi connectivity index (χ1) is 14.3. The molecule has 8 heteroatoms. The third-order valence-corrected chi connectivity index (χ3v) is 5.31. The summed E-state index contributed by atoms with van der Waals surface area (Å²) in [5, 5.41) is 13.4. The Morgan fingerprint density at radius 1 is 1.03 bits per heavy atom. The summed E-state index contributed by atoms with van der Waals surface area (Å²) in [5.41, 5.74) is 3.59. The van der Waals surface area contributed by atoms with Crippen LogP contribution in [0.4, 0.5) is 6.01 Å². The molecule has 0 saturated heterocycles. The molecular formula is C21H15N5O2S. The first-order valence-corrected chi connectivity index (χ1v) is 9.90. The monoisotopic (exact) mass is 401 g/mol. The van der Waals surface area contributed by atoms with E-state index in [0.717, 1.165) is 22.4 Å². The zero-order chi connectivity index (χ0) is 19.6. The van der Waals surface area contributed by atoms with Gasteiger partial charge in [-0.15, -0.1) is 16.4 Å². The second-order valence-corrected chi connectivity index (χ2v) is 7.34. The molecule has 0 spiro atoms. The first-order valence-electron chi connectivity index (χ1n) is 9.02. The van der Waals surface area contributed by atoms with Gasteiger partial charge in [0.15, 0.2) is 17.0 Å². The summed E-state index contributed by atoms with van der Waals surface area (Å²) < 4.78 is 5.63. The highest BCUT2D eigenvalue weighted by Crippen LogP contribution is 2.25. The third-order valence-electron chi connectivity index (χ3n) is 4.55. The van der Waals surface area contributed by atoms with Crippen LogP contribution in [-0.4, -0.2) is 32.8 Å². The van der Waals surface area contributed by atoms with Gasteiger partial charge in [0.25, 0.3) is 5.89 Å². The van der Waals surface area contributed by atoms with Gasteiger partial charge in [0.2, 0.25) is 0 Å². The zero-order valence-corrected chi connectivity index (χ0v) is 16.0. The van der Waals surface area contributed by atoms with Crippen molar-refractivity contribution in [2.45, 2.75) is 12.6 Å². The molecule has 1 N–H and O–H groups in total. The molecule has 0 amide bonds. The predicted octanol–water partition coefficient (Wildman–Crippen LogP) is 3.59. The Balaban J connectivity index is 1.52. The molecule has 1 unspecified atom stereocenters. The van der Waals surface area contributed by atoms with E-state index in [2.05, 4.69) is 20.5 Å². The lowest BCUT2D eigenvalue weighted by molar-refractivity contribution is -0.119. The van der Waals surface area contributed by atoms with Gasteiger partial charge >= 0.3 is 6.01 Å². The number of Topliss-reactive ketones (excluding diaryl/α,β-unsaturated/α-hetero) is 1. The summed E-state index contributed by atoms with van der Waals surface area (Å²) >= 11 is 1.40. The number of rotatable bonds is 4. The Morgan fingerprint density at radius 2 is 1.86 bits per heavy atom. The average molecular weight is 401 g/mol. The van der Waals surface area contributed by atoms with Crippen molar-refractivity contribution in [3.05, 3.63) is 82.9 Å². The van der Waals surface area contributed by atoms with Crippen molar-refractivity contribution >= 4 is 28.8 Å². The molecule has 142 valence electrons. The van der Waals surface area contributed by atoms with E-state index in [9.17, 15) is 4.79 Å². The number of aliphatic imine (C=N–C) groups is 1. The Hall–Kier alpha value is -3.65. The van der Waals surface area contributed by atoms with E-state index in [-0.39, 0.29) is 18.2 Å². The van der Waals surface area contributed by atoms with E-state index in [4.69, 9.17) is 9.41 Å². The van der Waals surface area contributed by atoms with Crippen molar-refractivity contribution < 1.29 is 9.21 Å². The van der Waals surface area contributed by atoms with Crippen LogP contribution >= 0.6 is 11.3 Å². The van der Waals surface area contributed by atoms with Crippen LogP contribution in [0.1, 0.15) is 16.7 Å². The molecule has 4 aromatic rings. The van der Waals surface area contributed by atoms with Crippen LogP contribution in [0, 0.1) is 0 Å². The molecule has 2 aromatic heterocycles. The van der Waals surface area contributed by atoms with E-state index in [1.165, 1.54) is 11.3 Å². The SMILES string of the molecule is O=C1Cc2ccccc2C(c2ccccc2)=NC1Nc1nnc(-c2nccs2)o1. The smallest absolute Gasteiger partial charge is 0.317 e. The summed E-state index contributed by atoms with van der Waals surface area (Å²) in [4.78, 5) is 21.8. The molecule has 0 saturated carbocycles. The fourth-order valence-electron chi connectivity index (χ4n) is 3.21. The predicted molar refractivity (Wildman–Crippen MR) is 110 cm³/mol. The third kappa shape index (κ3) is 3.45. The molecule has 1 aliphatic rings. The molecule has 0 fully saturated rings. The van der Waals surface area contributed by atoms with Crippen molar-refractivity contribution in [1.82, 2.24) is 15.2 Å². The van der Waals surface area contributed by atoms with Crippen LogP contribution in [0.2, 0.25) is 0 Å². The number of aromatic nitrogens is 3. The van der Waals surface area contributed by atoms with Gasteiger partial charge in [-0.25, -0.2) is 4.98 Å². The number of anilines is 1. The first kappa shape index (κ1) is 17.4. The fraction of sp³-hybridized carbons (Fsp3) is 0.0952. The summed E-state index contributed by atoms with van der Waals surface area (Å²) in [6, 6.07) is 17.8. The molecule has 3 heterocycles. The van der Waals surface area contributed by atoms with Crippen molar-refractivity contribution in [2.75, 3.05) is 5.32 Å². The lowest BCUT2D eigenvalue weighted by Gasteiger charge is -2.11. The number of hydrogen-bond acceptors (Lipinski definition) is 8. The molecule has 29 heavy (non-hydrogen) atoms. The number of ketones is 1. The minimum Gasteiger partial charge on any atom is -0.401 e. The summed E-state index contributed by atoms with van der Waals surface area (Å²) in [7, 11) is 0. The summed E-state index contributed by atoms with van der Waals surface area (Å²) in [6.07, 6.45) is 1.10. The van der Waals surface area contributed by atoms with Crippen LogP contribution in [-0.2, 0) is 11.2 Å². The molecule has 1 atom stereocenters. The van der Waals surface area contributed by atoms with Gasteiger partial charge in [-0.1, -0.05) is 59.7 Å². The van der Waals surface area contributed by atoms with Gasteiger partial charge < -0.3 is 9.73 Å². The number of thiazole rings is 1. The normalized spacial score (nSPS) is 16.1. The maximum absolute atomic E-state index is 12.9. The van der Waals surface area contributed by atoms with Crippen molar-refractivity contribution in [2.24, 2.45) is 4.99 Å². The van der Waals surface area contributed by atoms with E-state index in [0.29, 0.717) is 10.9 Å². The van der Waals surface area contributed by atoms with Crippen LogP contribution in [0.15, 0.2) is 75.6 Å². The van der Waals surface area contributed by atoms with Crippen LogP contribution in [0.25, 0.3) is 10.9 Å². The highest BCUT2D eigenvalue weighted by atomic mass is 32.1. The standard InChI is InChI=1S/C21H15N5O2S/c27-16-12-14-8-4-5-9-15(14)17(13-6-2-1-3-7-13)23-18(16)24-21-26-25-19(28-21)20-22-10-11-29-20/h1-11,18H,12H2,(H,24,26). The van der Waals surface area contributed by atoms with E-state index >= 15 is 0 Å². The number of benzene rings is 2. The zero-order valence-electron chi connectivity index (χ0n) is 15.1. The minimum atomic E-state index is -0.831. The van der Waals surface area contributed by atoms with Crippen LogP contribution < -0.4 is 5.32 Å². The van der Waals surface area contributed by atoms with Gasteiger partial charge in [0, 0.05) is 29.1 Å². The highest BCUT2D eigenvalue weighted by molar-refractivity contribution is 7.12. The van der Waals surface area contributed by atoms with Crippen LogP contribution in [0.5, 0.6) is 0 Å². The number of hydrogen-bond donors (Lipinski definition) is 1. The van der Waals surface area contributed by atoms with Gasteiger partial charge in [-0.2, -0.15) is 0 Å². The van der Waals surface area contributed by atoms with Crippen molar-refractivity contribution in [3.8, 4) is 10.9 Å². The van der Waals surface area contributed by atoms with Crippen LogP contribution in [0.3, 0.4) is 0 Å². The Kier molecular flexibility index (Phi) is 4.45. The molecule has 0 radical (unpaired) electrons. The largest absolute Gasteiger partial charge is 0.401 e. The minimum absolute atomic E-state index is 0.0719. The number of nitrogens with zero attached hydrogens (tertiary/aromatic N) is 4. The Morgan fingerprint density at radius 3 is 2.69 bits per heavy atom. The summed E-state index contributed by atoms with van der Waals surface area (Å²) in [5.74, 6) is 0.233.